The predicted octanol–water partition coefficient (Wildman–Crippen LogP) is 1.68. The van der Waals surface area contributed by atoms with Crippen molar-refractivity contribution in [2.75, 3.05) is 0 Å². The summed E-state index contributed by atoms with van der Waals surface area (Å²) in [7, 11) is 0. The largest absolute Gasteiger partial charge is 0.507 e. The quantitative estimate of drug-likeness (QED) is 0.658. The summed E-state index contributed by atoms with van der Waals surface area (Å²) < 4.78 is 4.91. The first kappa shape index (κ1) is 9.28. The molecule has 0 saturated carbocycles. The second kappa shape index (κ2) is 3.14. The molecule has 2 rings (SSSR count). The Morgan fingerprint density at radius 1 is 1.47 bits per heavy atom. The average molecular weight is 201 g/mol. The first-order valence-corrected chi connectivity index (χ1v) is 4.30. The Hall–Kier alpha value is -2.28. The lowest BCUT2D eigenvalue weighted by atomic mass is 10.1. The van der Waals surface area contributed by atoms with Gasteiger partial charge >= 0.3 is 5.63 Å². The molecular formula is C11H7NO3. The van der Waals surface area contributed by atoms with E-state index in [0.717, 1.165) is 0 Å². The molecule has 0 bridgehead atoms. The summed E-state index contributed by atoms with van der Waals surface area (Å²) >= 11 is 0. The molecule has 0 aliphatic carbocycles. The summed E-state index contributed by atoms with van der Waals surface area (Å²) in [5.41, 5.74) is 0.448. The van der Waals surface area contributed by atoms with Crippen LogP contribution >= 0.6 is 0 Å². The fourth-order valence-electron chi connectivity index (χ4n) is 1.53. The number of phenolic OH excluding ortho intramolecular Hbond substituents is 1. The fraction of sp³-hybridized carbons (Fsp3) is 0.0909. The molecule has 1 N–H and O–H groups in total. The molecule has 1 aromatic heterocycles. The smallest absolute Gasteiger partial charge is 0.336 e. The van der Waals surface area contributed by atoms with E-state index in [2.05, 4.69) is 0 Å². The maximum Gasteiger partial charge on any atom is 0.336 e. The van der Waals surface area contributed by atoms with Crippen LogP contribution in [0.2, 0.25) is 0 Å². The zero-order valence-electron chi connectivity index (χ0n) is 7.94. The van der Waals surface area contributed by atoms with Crippen LogP contribution in [0.25, 0.3) is 11.0 Å². The molecule has 0 fully saturated rings. The number of fused-ring (bicyclic) bond motifs is 1. The first-order valence-electron chi connectivity index (χ1n) is 4.30. The highest BCUT2D eigenvalue weighted by molar-refractivity contribution is 5.90. The van der Waals surface area contributed by atoms with Gasteiger partial charge in [0.2, 0.25) is 0 Å². The minimum absolute atomic E-state index is 0.00486. The van der Waals surface area contributed by atoms with Gasteiger partial charge in [-0.05, 0) is 24.6 Å². The van der Waals surface area contributed by atoms with E-state index in [-0.39, 0.29) is 16.9 Å². The zero-order chi connectivity index (χ0) is 11.0. The predicted molar refractivity (Wildman–Crippen MR) is 53.6 cm³/mol. The van der Waals surface area contributed by atoms with Gasteiger partial charge in [0.1, 0.15) is 11.8 Å². The third-order valence-corrected chi connectivity index (χ3v) is 2.19. The first-order chi connectivity index (χ1) is 7.13. The van der Waals surface area contributed by atoms with Crippen molar-refractivity contribution in [3.8, 4) is 11.8 Å². The van der Waals surface area contributed by atoms with E-state index in [1.807, 2.05) is 6.07 Å². The maximum atomic E-state index is 11.1. The third kappa shape index (κ3) is 1.34. The van der Waals surface area contributed by atoms with Gasteiger partial charge in [-0.3, -0.25) is 0 Å². The minimum Gasteiger partial charge on any atom is -0.507 e. The number of rotatable bonds is 0. The minimum atomic E-state index is -0.526. The van der Waals surface area contributed by atoms with Crippen LogP contribution in [-0.4, -0.2) is 5.11 Å². The molecule has 0 radical (unpaired) electrons. The summed E-state index contributed by atoms with van der Waals surface area (Å²) in [6.45, 7) is 1.68. The van der Waals surface area contributed by atoms with Crippen molar-refractivity contribution < 1.29 is 9.52 Å². The van der Waals surface area contributed by atoms with E-state index >= 15 is 0 Å². The van der Waals surface area contributed by atoms with E-state index in [1.165, 1.54) is 18.2 Å². The number of phenols is 1. The summed E-state index contributed by atoms with van der Waals surface area (Å²) in [6.07, 6.45) is 0. The van der Waals surface area contributed by atoms with Crippen LogP contribution in [0.1, 0.15) is 11.1 Å². The molecule has 0 saturated heterocycles. The van der Waals surface area contributed by atoms with Gasteiger partial charge in [-0.1, -0.05) is 0 Å². The Balaban J connectivity index is 3.09. The molecular weight excluding hydrogens is 194 g/mol. The molecule has 15 heavy (non-hydrogen) atoms. The monoisotopic (exact) mass is 201 g/mol. The van der Waals surface area contributed by atoms with E-state index in [1.54, 1.807) is 6.92 Å². The van der Waals surface area contributed by atoms with Crippen LogP contribution in [0.4, 0.5) is 0 Å². The molecule has 1 aromatic carbocycles. The van der Waals surface area contributed by atoms with Crippen LogP contribution in [0, 0.1) is 18.3 Å². The fourth-order valence-corrected chi connectivity index (χ4v) is 1.53. The molecule has 1 heterocycles. The van der Waals surface area contributed by atoms with E-state index in [9.17, 15) is 9.90 Å². The third-order valence-electron chi connectivity index (χ3n) is 2.19. The van der Waals surface area contributed by atoms with Crippen molar-refractivity contribution >= 4 is 11.0 Å². The lowest BCUT2D eigenvalue weighted by Gasteiger charge is -2.03. The highest BCUT2D eigenvalue weighted by Gasteiger charge is 2.10. The van der Waals surface area contributed by atoms with Crippen molar-refractivity contribution in [1.82, 2.24) is 0 Å². The average Bonchev–Trinajstić information content (AvgIpc) is 2.17. The zero-order valence-corrected chi connectivity index (χ0v) is 7.94. The molecule has 0 aliphatic rings. The molecule has 0 spiro atoms. The Morgan fingerprint density at radius 3 is 2.87 bits per heavy atom. The second-order valence-corrected chi connectivity index (χ2v) is 3.20. The van der Waals surface area contributed by atoms with Crippen molar-refractivity contribution in [3.63, 3.8) is 0 Å². The highest BCUT2D eigenvalue weighted by Crippen LogP contribution is 2.28. The molecule has 0 unspecified atom stereocenters. The number of aryl methyl sites for hydroxylation is 1. The van der Waals surface area contributed by atoms with Crippen molar-refractivity contribution in [1.29, 1.82) is 5.26 Å². The number of hydrogen-bond acceptors (Lipinski definition) is 4. The number of aromatic hydroxyl groups is 1. The summed E-state index contributed by atoms with van der Waals surface area (Å²) in [5.74, 6) is 0.00486. The van der Waals surface area contributed by atoms with Gasteiger partial charge in [-0.15, -0.1) is 0 Å². The van der Waals surface area contributed by atoms with Crippen LogP contribution in [-0.2, 0) is 0 Å². The van der Waals surface area contributed by atoms with Gasteiger partial charge < -0.3 is 9.52 Å². The van der Waals surface area contributed by atoms with Gasteiger partial charge in [0.05, 0.1) is 10.9 Å². The number of nitriles is 1. The van der Waals surface area contributed by atoms with Crippen LogP contribution in [0.3, 0.4) is 0 Å². The van der Waals surface area contributed by atoms with Crippen molar-refractivity contribution in [2.45, 2.75) is 6.92 Å². The van der Waals surface area contributed by atoms with Crippen molar-refractivity contribution in [3.05, 3.63) is 39.7 Å². The van der Waals surface area contributed by atoms with E-state index in [4.69, 9.17) is 9.68 Å². The number of nitrogens with zero attached hydrogens (tertiary/aromatic N) is 1. The maximum absolute atomic E-state index is 11.1. The molecule has 0 amide bonds. The molecule has 2 aromatic rings. The van der Waals surface area contributed by atoms with Crippen molar-refractivity contribution in [2.24, 2.45) is 0 Å². The Morgan fingerprint density at radius 2 is 2.20 bits per heavy atom. The van der Waals surface area contributed by atoms with Crippen LogP contribution in [0.5, 0.6) is 5.75 Å². The topological polar surface area (TPSA) is 74.2 Å². The highest BCUT2D eigenvalue weighted by atomic mass is 16.4. The molecule has 4 heteroatoms. The molecule has 4 nitrogen and oxygen atoms in total. The lowest BCUT2D eigenvalue weighted by molar-refractivity contribution is 0.478. The second-order valence-electron chi connectivity index (χ2n) is 3.20. The molecule has 0 atom stereocenters. The van der Waals surface area contributed by atoms with E-state index in [0.29, 0.717) is 10.9 Å². The Kier molecular flexibility index (Phi) is 1.94. The lowest BCUT2D eigenvalue weighted by Crippen LogP contribution is -1.99. The van der Waals surface area contributed by atoms with Gasteiger partial charge in [0, 0.05) is 6.07 Å². The Bertz CT molecular complexity index is 635. The molecule has 74 valence electrons. The molecule has 0 aliphatic heterocycles. The van der Waals surface area contributed by atoms with Crippen LogP contribution in [0.15, 0.2) is 27.4 Å². The van der Waals surface area contributed by atoms with Gasteiger partial charge in [-0.2, -0.15) is 5.26 Å². The van der Waals surface area contributed by atoms with Gasteiger partial charge in [0.15, 0.2) is 5.58 Å². The Labute approximate surface area is 85.0 Å². The van der Waals surface area contributed by atoms with Gasteiger partial charge in [0.25, 0.3) is 0 Å². The van der Waals surface area contributed by atoms with Gasteiger partial charge in [-0.25, -0.2) is 4.79 Å². The number of benzene rings is 1. The van der Waals surface area contributed by atoms with Crippen LogP contribution < -0.4 is 5.63 Å². The SMILES string of the molecule is Cc1cc(=O)oc2c(C#N)ccc(O)c12. The summed E-state index contributed by atoms with van der Waals surface area (Å²) in [5, 5.41) is 18.8. The summed E-state index contributed by atoms with van der Waals surface area (Å²) in [4.78, 5) is 11.1. The standard InChI is InChI=1S/C11H7NO3/c1-6-4-9(14)15-11-7(5-12)2-3-8(13)10(6)11/h2-4,13H,1H3. The normalized spacial score (nSPS) is 10.1. The summed E-state index contributed by atoms with van der Waals surface area (Å²) in [6, 6.07) is 6.02. The van der Waals surface area contributed by atoms with E-state index < -0.39 is 5.63 Å². The number of hydrogen-bond donors (Lipinski definition) is 1.